The molecule has 1 amide bonds. The fourth-order valence-corrected chi connectivity index (χ4v) is 4.40. The van der Waals surface area contributed by atoms with Gasteiger partial charge in [-0.1, -0.05) is 39.0 Å². The normalized spacial score (nSPS) is 25.9. The molecule has 0 unspecified atom stereocenters. The second-order valence-electron chi connectivity index (χ2n) is 9.16. The molecule has 146 valence electrons. The summed E-state index contributed by atoms with van der Waals surface area (Å²) in [7, 11) is 0. The first-order valence-electron chi connectivity index (χ1n) is 9.86. The van der Waals surface area contributed by atoms with Crippen LogP contribution in [0.5, 0.6) is 0 Å². The Morgan fingerprint density at radius 1 is 1.30 bits per heavy atom. The number of aliphatic hydroxyl groups is 1. The van der Waals surface area contributed by atoms with Crippen molar-refractivity contribution in [3.05, 3.63) is 30.0 Å². The lowest BCUT2D eigenvalue weighted by atomic mass is 9.76. The van der Waals surface area contributed by atoms with Gasteiger partial charge in [0.2, 0.25) is 0 Å². The van der Waals surface area contributed by atoms with Gasteiger partial charge >= 0.3 is 0 Å². The van der Waals surface area contributed by atoms with Gasteiger partial charge in [0.1, 0.15) is 0 Å². The van der Waals surface area contributed by atoms with E-state index in [9.17, 15) is 9.90 Å². The third-order valence-electron chi connectivity index (χ3n) is 6.09. The quantitative estimate of drug-likeness (QED) is 0.807. The molecule has 2 N–H and O–H groups in total. The summed E-state index contributed by atoms with van der Waals surface area (Å²) < 4.78 is 6.52. The van der Waals surface area contributed by atoms with Crippen LogP contribution in [-0.4, -0.2) is 57.0 Å². The molecule has 3 heterocycles. The Hall–Kier alpha value is -1.92. The molecule has 4 rings (SSSR count). The average molecular weight is 371 g/mol. The van der Waals surface area contributed by atoms with Crippen molar-refractivity contribution < 1.29 is 14.6 Å². The molecule has 1 spiro atoms. The summed E-state index contributed by atoms with van der Waals surface area (Å²) in [5, 5.41) is 18.5. The molecule has 2 aliphatic rings. The van der Waals surface area contributed by atoms with E-state index in [1.54, 1.807) is 0 Å². The van der Waals surface area contributed by atoms with Crippen LogP contribution in [0.1, 0.15) is 56.9 Å². The maximum absolute atomic E-state index is 13.0. The minimum Gasteiger partial charge on any atom is -0.393 e. The third kappa shape index (κ3) is 3.48. The first-order chi connectivity index (χ1) is 12.8. The number of nitrogens with one attached hydrogen (secondary N) is 1. The van der Waals surface area contributed by atoms with Crippen molar-refractivity contribution in [3.63, 3.8) is 0 Å². The second-order valence-corrected chi connectivity index (χ2v) is 9.16. The number of rotatable bonds is 1. The molecule has 0 saturated carbocycles. The van der Waals surface area contributed by atoms with Crippen molar-refractivity contribution in [1.29, 1.82) is 0 Å². The van der Waals surface area contributed by atoms with Crippen molar-refractivity contribution in [3.8, 4) is 0 Å². The standard InChI is InChI=1S/C21H29N3O3/c1-20(2,3)17-12-14(25)13-21(27-17)8-10-24(11-9-21)19(26)18-15-6-4-5-7-16(15)22-23-18/h4-7,14,17,25H,8-13H2,1-3H3,(H,22,23)/t14-,17-/m1/s1. The van der Waals surface area contributed by atoms with E-state index < -0.39 is 0 Å². The molecule has 6 heteroatoms. The van der Waals surface area contributed by atoms with Crippen molar-refractivity contribution in [2.45, 2.75) is 64.3 Å². The Bertz CT molecular complexity index is 831. The van der Waals surface area contributed by atoms with Gasteiger partial charge in [-0.3, -0.25) is 9.89 Å². The van der Waals surface area contributed by atoms with Gasteiger partial charge in [-0.15, -0.1) is 0 Å². The van der Waals surface area contributed by atoms with E-state index in [1.807, 2.05) is 29.2 Å². The highest BCUT2D eigenvalue weighted by Crippen LogP contribution is 2.42. The molecule has 27 heavy (non-hydrogen) atoms. The number of aromatic amines is 1. The van der Waals surface area contributed by atoms with Crippen LogP contribution in [0.3, 0.4) is 0 Å². The van der Waals surface area contributed by atoms with E-state index in [0.29, 0.717) is 31.6 Å². The van der Waals surface area contributed by atoms with Crippen LogP contribution in [0.25, 0.3) is 10.9 Å². The van der Waals surface area contributed by atoms with Gasteiger partial charge < -0.3 is 14.7 Å². The minimum atomic E-state index is -0.333. The highest BCUT2D eigenvalue weighted by molar-refractivity contribution is 6.04. The summed E-state index contributed by atoms with van der Waals surface area (Å²) in [6.45, 7) is 7.73. The predicted octanol–water partition coefficient (Wildman–Crippen LogP) is 3.12. The molecule has 1 aromatic carbocycles. The van der Waals surface area contributed by atoms with E-state index in [1.165, 1.54) is 0 Å². The SMILES string of the molecule is CC(C)(C)[C@H]1C[C@@H](O)CC2(CCN(C(=O)c3n[nH]c4ccccc34)CC2)O1. The number of para-hydroxylation sites is 1. The predicted molar refractivity (Wildman–Crippen MR) is 104 cm³/mol. The average Bonchev–Trinajstić information content (AvgIpc) is 3.04. The number of H-pyrrole nitrogens is 1. The minimum absolute atomic E-state index is 0.00465. The highest BCUT2D eigenvalue weighted by Gasteiger charge is 2.46. The summed E-state index contributed by atoms with van der Waals surface area (Å²) in [5.41, 5.74) is 1.04. The fraction of sp³-hybridized carbons (Fsp3) is 0.619. The molecule has 2 fully saturated rings. The zero-order chi connectivity index (χ0) is 19.2. The monoisotopic (exact) mass is 371 g/mol. The largest absolute Gasteiger partial charge is 0.393 e. The number of fused-ring (bicyclic) bond motifs is 1. The molecule has 1 aromatic heterocycles. The van der Waals surface area contributed by atoms with Gasteiger partial charge in [0.05, 0.1) is 23.3 Å². The van der Waals surface area contributed by atoms with Crippen molar-refractivity contribution in [1.82, 2.24) is 15.1 Å². The van der Waals surface area contributed by atoms with Gasteiger partial charge in [0.15, 0.2) is 5.69 Å². The van der Waals surface area contributed by atoms with Crippen LogP contribution < -0.4 is 0 Å². The number of aromatic nitrogens is 2. The number of hydrogen-bond donors (Lipinski definition) is 2. The topological polar surface area (TPSA) is 78.5 Å². The van der Waals surface area contributed by atoms with Crippen LogP contribution in [-0.2, 0) is 4.74 Å². The summed E-state index contributed by atoms with van der Waals surface area (Å²) in [5.74, 6) is -0.0361. The number of likely N-dealkylation sites (tertiary alicyclic amines) is 1. The first-order valence-corrected chi connectivity index (χ1v) is 9.86. The van der Waals surface area contributed by atoms with Crippen molar-refractivity contribution in [2.75, 3.05) is 13.1 Å². The Morgan fingerprint density at radius 3 is 2.70 bits per heavy atom. The summed E-state index contributed by atoms with van der Waals surface area (Å²) in [4.78, 5) is 14.9. The lowest BCUT2D eigenvalue weighted by Crippen LogP contribution is -2.55. The zero-order valence-corrected chi connectivity index (χ0v) is 16.4. The number of amides is 1. The molecule has 2 aliphatic heterocycles. The van der Waals surface area contributed by atoms with E-state index in [4.69, 9.17) is 4.74 Å². The van der Waals surface area contributed by atoms with Crippen LogP contribution in [0.15, 0.2) is 24.3 Å². The van der Waals surface area contributed by atoms with Crippen molar-refractivity contribution in [2.24, 2.45) is 5.41 Å². The smallest absolute Gasteiger partial charge is 0.274 e. The number of carbonyl (C=O) groups excluding carboxylic acids is 1. The van der Waals surface area contributed by atoms with E-state index in [-0.39, 0.29) is 29.1 Å². The number of aliphatic hydroxyl groups excluding tert-OH is 1. The van der Waals surface area contributed by atoms with Gasteiger partial charge in [0, 0.05) is 31.3 Å². The molecule has 2 atom stereocenters. The van der Waals surface area contributed by atoms with Crippen molar-refractivity contribution >= 4 is 16.8 Å². The number of ether oxygens (including phenoxy) is 1. The first kappa shape index (κ1) is 18.4. The van der Waals surface area contributed by atoms with Crippen LogP contribution in [0, 0.1) is 5.41 Å². The molecule has 6 nitrogen and oxygen atoms in total. The maximum atomic E-state index is 13.0. The molecular weight excluding hydrogens is 342 g/mol. The van der Waals surface area contributed by atoms with E-state index in [2.05, 4.69) is 31.0 Å². The molecule has 0 aliphatic carbocycles. The van der Waals surface area contributed by atoms with Gasteiger partial charge in [-0.25, -0.2) is 0 Å². The number of benzene rings is 1. The molecule has 0 bridgehead atoms. The van der Waals surface area contributed by atoms with Gasteiger partial charge in [-0.2, -0.15) is 5.10 Å². The molecule has 0 radical (unpaired) electrons. The zero-order valence-electron chi connectivity index (χ0n) is 16.4. The van der Waals surface area contributed by atoms with E-state index >= 15 is 0 Å². The van der Waals surface area contributed by atoms with Crippen LogP contribution in [0.4, 0.5) is 0 Å². The number of hydrogen-bond acceptors (Lipinski definition) is 4. The van der Waals surface area contributed by atoms with E-state index in [0.717, 1.165) is 23.7 Å². The fourth-order valence-electron chi connectivity index (χ4n) is 4.40. The summed E-state index contributed by atoms with van der Waals surface area (Å²) in [6.07, 6.45) is 2.56. The molecule has 2 saturated heterocycles. The van der Waals surface area contributed by atoms with Gasteiger partial charge in [0.25, 0.3) is 5.91 Å². The molecule has 2 aromatic rings. The highest BCUT2D eigenvalue weighted by atomic mass is 16.5. The van der Waals surface area contributed by atoms with Gasteiger partial charge in [-0.05, 0) is 24.3 Å². The molecular formula is C21H29N3O3. The van der Waals surface area contributed by atoms with Crippen LogP contribution >= 0.6 is 0 Å². The Kier molecular flexibility index (Phi) is 4.51. The number of nitrogens with zero attached hydrogens (tertiary/aromatic N) is 2. The maximum Gasteiger partial charge on any atom is 0.274 e. The second kappa shape index (κ2) is 6.60. The number of carbonyl (C=O) groups is 1. The Morgan fingerprint density at radius 2 is 2.00 bits per heavy atom. The Balaban J connectivity index is 1.47. The number of piperidine rings is 1. The lowest BCUT2D eigenvalue weighted by molar-refractivity contribution is -0.205. The Labute approximate surface area is 159 Å². The third-order valence-corrected chi connectivity index (χ3v) is 6.09. The summed E-state index contributed by atoms with van der Waals surface area (Å²) in [6, 6.07) is 7.70. The van der Waals surface area contributed by atoms with Crippen LogP contribution in [0.2, 0.25) is 0 Å². The summed E-state index contributed by atoms with van der Waals surface area (Å²) >= 11 is 0. The lowest BCUT2D eigenvalue weighted by Gasteiger charge is -2.50.